The Morgan fingerprint density at radius 2 is 1.52 bits per heavy atom. The van der Waals surface area contributed by atoms with Crippen LogP contribution in [0.25, 0.3) is 0 Å². The van der Waals surface area contributed by atoms with Crippen molar-refractivity contribution in [1.82, 2.24) is 0 Å². The van der Waals surface area contributed by atoms with Crippen molar-refractivity contribution >= 4 is 36.2 Å². The van der Waals surface area contributed by atoms with E-state index in [0.717, 1.165) is 20.8 Å². The quantitative estimate of drug-likeness (QED) is 0.273. The van der Waals surface area contributed by atoms with Gasteiger partial charge in [-0.2, -0.15) is 8.78 Å². The minimum Gasteiger partial charge on any atom is -0.463 e. The van der Waals surface area contributed by atoms with Gasteiger partial charge in [0.2, 0.25) is 6.29 Å². The highest BCUT2D eigenvalue weighted by molar-refractivity contribution is 8.10. The molecule has 0 aromatic rings. The molecule has 0 aromatic heterocycles. The van der Waals surface area contributed by atoms with E-state index in [1.807, 2.05) is 0 Å². The van der Waals surface area contributed by atoms with E-state index in [2.05, 4.69) is 0 Å². The molecule has 1 saturated heterocycles. The highest BCUT2D eigenvalue weighted by Crippen LogP contribution is 2.67. The molecule has 0 spiro atoms. The molecule has 0 radical (unpaired) electrons. The average molecular weight is 462 g/mol. The fourth-order valence-electron chi connectivity index (χ4n) is 2.79. The molecule has 0 aliphatic carbocycles. The van der Waals surface area contributed by atoms with Crippen LogP contribution in [-0.2, 0) is 54.2 Å². The van der Waals surface area contributed by atoms with E-state index >= 15 is 8.78 Å². The highest BCUT2D eigenvalue weighted by atomic mass is 32.5. The zero-order valence-corrected chi connectivity index (χ0v) is 18.4. The van der Waals surface area contributed by atoms with Crippen LogP contribution >= 0.6 is 6.49 Å². The van der Waals surface area contributed by atoms with Crippen molar-refractivity contribution in [2.45, 2.75) is 58.8 Å². The van der Waals surface area contributed by atoms with Crippen molar-refractivity contribution in [3.8, 4) is 0 Å². The number of carbonyl (C=O) groups excluding carboxylic acids is 3. The Hall–Kier alpha value is -1.20. The molecule has 1 rings (SSSR count). The summed E-state index contributed by atoms with van der Waals surface area (Å²) >= 11 is 5.06. The number of rotatable bonds is 10. The first-order valence-corrected chi connectivity index (χ1v) is 11.4. The zero-order valence-electron chi connectivity index (χ0n) is 16.7. The zero-order chi connectivity index (χ0) is 22.4. The van der Waals surface area contributed by atoms with Gasteiger partial charge in [0.05, 0.1) is 13.2 Å². The van der Waals surface area contributed by atoms with Crippen LogP contribution in [0.2, 0.25) is 0 Å². The number of ether oxygens (including phenoxy) is 4. The third-order valence-electron chi connectivity index (χ3n) is 3.73. The second kappa shape index (κ2) is 10.7. The van der Waals surface area contributed by atoms with Gasteiger partial charge in [-0.25, -0.2) is 0 Å². The standard InChI is InChI=1S/C16H25F2O9PS/c1-6-23-28(29,24-7-2)16(17,18)13-12(8-22-9(3)19)27-15(26-11(5)21)14(13)25-10(4)20/h12-15H,6-8H2,1-5H3/t12-,13-,14-,15-/m1/s1. The summed E-state index contributed by atoms with van der Waals surface area (Å²) in [7, 11) is 0. The Balaban J connectivity index is 3.44. The first-order valence-electron chi connectivity index (χ1n) is 8.79. The topological polar surface area (TPSA) is 107 Å². The molecular weight excluding hydrogens is 437 g/mol. The second-order valence-electron chi connectivity index (χ2n) is 5.98. The van der Waals surface area contributed by atoms with Crippen molar-refractivity contribution in [2.24, 2.45) is 5.92 Å². The monoisotopic (exact) mass is 462 g/mol. The minimum absolute atomic E-state index is 0.152. The van der Waals surface area contributed by atoms with Crippen LogP contribution in [0.5, 0.6) is 0 Å². The van der Waals surface area contributed by atoms with E-state index in [0.29, 0.717) is 0 Å². The lowest BCUT2D eigenvalue weighted by Crippen LogP contribution is -2.46. The molecule has 0 unspecified atom stereocenters. The highest BCUT2D eigenvalue weighted by Gasteiger charge is 2.66. The maximum absolute atomic E-state index is 15.7. The molecule has 1 aliphatic rings. The third kappa shape index (κ3) is 6.39. The first-order chi connectivity index (χ1) is 13.4. The van der Waals surface area contributed by atoms with Gasteiger partial charge in [0.15, 0.2) is 6.10 Å². The van der Waals surface area contributed by atoms with Gasteiger partial charge in [-0.1, -0.05) is 0 Å². The van der Waals surface area contributed by atoms with E-state index in [9.17, 15) is 14.4 Å². The number of carbonyl (C=O) groups is 3. The molecule has 1 heterocycles. The summed E-state index contributed by atoms with van der Waals surface area (Å²) in [5, 5.41) is 0. The summed E-state index contributed by atoms with van der Waals surface area (Å²) < 4.78 is 61.7. The summed E-state index contributed by atoms with van der Waals surface area (Å²) in [6, 6.07) is 0. The van der Waals surface area contributed by atoms with Crippen LogP contribution in [0.3, 0.4) is 0 Å². The van der Waals surface area contributed by atoms with E-state index in [4.69, 9.17) is 39.8 Å². The van der Waals surface area contributed by atoms with Gasteiger partial charge in [-0.15, -0.1) is 0 Å². The molecule has 0 amide bonds. The minimum atomic E-state index is -4.25. The van der Waals surface area contributed by atoms with Crippen LogP contribution in [0.15, 0.2) is 0 Å². The first kappa shape index (κ1) is 25.8. The maximum atomic E-state index is 15.7. The number of esters is 3. The Morgan fingerprint density at radius 3 is 1.93 bits per heavy atom. The lowest BCUT2D eigenvalue weighted by atomic mass is 9.98. The van der Waals surface area contributed by atoms with E-state index in [1.54, 1.807) is 0 Å². The Labute approximate surface area is 172 Å². The lowest BCUT2D eigenvalue weighted by molar-refractivity contribution is -0.197. The van der Waals surface area contributed by atoms with Crippen molar-refractivity contribution < 1.29 is 51.2 Å². The van der Waals surface area contributed by atoms with Gasteiger partial charge in [0.25, 0.3) is 6.49 Å². The van der Waals surface area contributed by atoms with Gasteiger partial charge in [0, 0.05) is 20.8 Å². The molecule has 1 aliphatic heterocycles. The molecule has 0 N–H and O–H groups in total. The Bertz CT molecular complexity index is 650. The molecule has 0 saturated carbocycles. The van der Waals surface area contributed by atoms with Gasteiger partial charge < -0.3 is 28.0 Å². The van der Waals surface area contributed by atoms with Crippen LogP contribution in [0, 0.1) is 5.92 Å². The number of hydrogen-bond donors (Lipinski definition) is 0. The van der Waals surface area contributed by atoms with Crippen LogP contribution in [-0.4, -0.2) is 61.9 Å². The smallest absolute Gasteiger partial charge is 0.329 e. The van der Waals surface area contributed by atoms with Gasteiger partial charge in [-0.05, 0) is 25.7 Å². The summed E-state index contributed by atoms with van der Waals surface area (Å²) in [6.45, 7) is 0.901. The van der Waals surface area contributed by atoms with Crippen molar-refractivity contribution in [3.05, 3.63) is 0 Å². The molecule has 1 fully saturated rings. The number of alkyl halides is 2. The SMILES string of the molecule is CCOP(=S)(OCC)C(F)(F)[C@H]1[C@@H](OC(C)=O)[C@H](OC(C)=O)O[C@@H]1COC(C)=O. The summed E-state index contributed by atoms with van der Waals surface area (Å²) in [6.07, 6.45) is -4.89. The van der Waals surface area contributed by atoms with Crippen molar-refractivity contribution in [1.29, 1.82) is 0 Å². The van der Waals surface area contributed by atoms with Gasteiger partial charge >= 0.3 is 23.6 Å². The number of halogens is 2. The normalized spacial score (nSPS) is 24.8. The molecule has 168 valence electrons. The largest absolute Gasteiger partial charge is 0.463 e. The molecular formula is C16H25F2O9PS. The molecule has 9 nitrogen and oxygen atoms in total. The summed E-state index contributed by atoms with van der Waals surface area (Å²) in [4.78, 5) is 34.1. The van der Waals surface area contributed by atoms with E-state index in [1.165, 1.54) is 13.8 Å². The predicted molar refractivity (Wildman–Crippen MR) is 98.6 cm³/mol. The van der Waals surface area contributed by atoms with E-state index in [-0.39, 0.29) is 13.2 Å². The number of hydrogen-bond acceptors (Lipinski definition) is 10. The fourth-order valence-corrected chi connectivity index (χ4v) is 5.56. The fraction of sp³-hybridized carbons (Fsp3) is 0.812. The molecule has 29 heavy (non-hydrogen) atoms. The summed E-state index contributed by atoms with van der Waals surface area (Å²) in [5.41, 5.74) is -3.88. The summed E-state index contributed by atoms with van der Waals surface area (Å²) in [5.74, 6) is -4.47. The molecule has 0 aromatic carbocycles. The molecule has 0 bridgehead atoms. The molecule has 4 atom stereocenters. The third-order valence-corrected chi connectivity index (χ3v) is 7.32. The van der Waals surface area contributed by atoms with Crippen molar-refractivity contribution in [3.63, 3.8) is 0 Å². The van der Waals surface area contributed by atoms with Gasteiger partial charge in [-0.3, -0.25) is 14.4 Å². The van der Waals surface area contributed by atoms with Crippen LogP contribution in [0.4, 0.5) is 8.78 Å². The second-order valence-corrected chi connectivity index (χ2v) is 9.53. The van der Waals surface area contributed by atoms with Gasteiger partial charge in [0.1, 0.15) is 18.6 Å². The van der Waals surface area contributed by atoms with Crippen LogP contribution < -0.4 is 0 Å². The van der Waals surface area contributed by atoms with Crippen LogP contribution in [0.1, 0.15) is 34.6 Å². The maximum Gasteiger partial charge on any atom is 0.329 e. The molecule has 13 heteroatoms. The Kier molecular flexibility index (Phi) is 9.55. The Morgan fingerprint density at radius 1 is 1.00 bits per heavy atom. The van der Waals surface area contributed by atoms with E-state index < -0.39 is 61.1 Å². The van der Waals surface area contributed by atoms with Crippen molar-refractivity contribution in [2.75, 3.05) is 19.8 Å². The average Bonchev–Trinajstić information content (AvgIpc) is 2.89. The lowest BCUT2D eigenvalue weighted by Gasteiger charge is -2.36. The predicted octanol–water partition coefficient (Wildman–Crippen LogP) is 2.36.